The van der Waals surface area contributed by atoms with Crippen LogP contribution >= 0.6 is 24.0 Å². The van der Waals surface area contributed by atoms with Gasteiger partial charge >= 0.3 is 0 Å². The monoisotopic (exact) mass is 499 g/mol. The molecule has 0 unspecified atom stereocenters. The Balaban J connectivity index is 0.00000280. The van der Waals surface area contributed by atoms with E-state index in [1.54, 1.807) is 7.05 Å². The Morgan fingerprint density at radius 3 is 2.54 bits per heavy atom. The largest absolute Gasteiger partial charge is 0.355 e. The van der Waals surface area contributed by atoms with Gasteiger partial charge in [0.05, 0.1) is 0 Å². The van der Waals surface area contributed by atoms with Crippen LogP contribution in [-0.2, 0) is 11.3 Å². The fourth-order valence-corrected chi connectivity index (χ4v) is 3.67. The zero-order valence-corrected chi connectivity index (χ0v) is 19.4. The number of carbonyl (C=O) groups excluding carboxylic acids is 1. The van der Waals surface area contributed by atoms with Crippen LogP contribution in [0.5, 0.6) is 0 Å². The molecule has 0 radical (unpaired) electrons. The van der Waals surface area contributed by atoms with E-state index in [1.165, 1.54) is 17.5 Å². The van der Waals surface area contributed by atoms with Gasteiger partial charge in [-0.1, -0.05) is 36.2 Å². The number of guanidine groups is 1. The van der Waals surface area contributed by atoms with Gasteiger partial charge in [0.1, 0.15) is 0 Å². The van der Waals surface area contributed by atoms with E-state index in [0.717, 1.165) is 64.6 Å². The van der Waals surface area contributed by atoms with Gasteiger partial charge in [-0.15, -0.1) is 24.0 Å². The molecule has 3 rings (SSSR count). The molecule has 1 saturated heterocycles. The third kappa shape index (κ3) is 6.62. The number of hydrogen-bond acceptors (Lipinski definition) is 3. The molecule has 0 bridgehead atoms. The van der Waals surface area contributed by atoms with Crippen LogP contribution < -0.4 is 10.6 Å². The van der Waals surface area contributed by atoms with Crippen molar-refractivity contribution in [2.45, 2.75) is 32.7 Å². The molecule has 0 spiro atoms. The maximum Gasteiger partial charge on any atom is 0.225 e. The van der Waals surface area contributed by atoms with Crippen LogP contribution in [0.1, 0.15) is 30.4 Å². The summed E-state index contributed by atoms with van der Waals surface area (Å²) >= 11 is 0. The van der Waals surface area contributed by atoms with Crippen molar-refractivity contribution in [1.82, 2.24) is 20.4 Å². The Morgan fingerprint density at radius 1 is 1.18 bits per heavy atom. The number of hydrogen-bond donors (Lipinski definition) is 2. The van der Waals surface area contributed by atoms with Crippen molar-refractivity contribution in [3.05, 3.63) is 35.4 Å². The van der Waals surface area contributed by atoms with E-state index in [-0.39, 0.29) is 24.0 Å². The molecule has 2 fully saturated rings. The van der Waals surface area contributed by atoms with Crippen LogP contribution in [0.3, 0.4) is 0 Å². The molecule has 1 aliphatic carbocycles. The van der Waals surface area contributed by atoms with E-state index in [9.17, 15) is 4.79 Å². The number of nitrogens with zero attached hydrogens (tertiary/aromatic N) is 3. The van der Waals surface area contributed by atoms with Crippen molar-refractivity contribution < 1.29 is 4.79 Å². The highest BCUT2D eigenvalue weighted by atomic mass is 127. The lowest BCUT2D eigenvalue weighted by atomic mass is 9.84. The minimum absolute atomic E-state index is 0. The number of piperazine rings is 1. The highest BCUT2D eigenvalue weighted by Crippen LogP contribution is 2.28. The lowest BCUT2D eigenvalue weighted by molar-refractivity contribution is -0.139. The third-order valence-electron chi connectivity index (χ3n) is 5.62. The first-order chi connectivity index (χ1) is 13.2. The fraction of sp³-hybridized carbons (Fsp3) is 0.619. The number of aliphatic imine (C=N–C) groups is 1. The molecular formula is C21H34IN5O. The molecule has 2 N–H and O–H groups in total. The number of rotatable bonds is 6. The van der Waals surface area contributed by atoms with E-state index in [1.807, 2.05) is 0 Å². The summed E-state index contributed by atoms with van der Waals surface area (Å²) < 4.78 is 0. The molecular weight excluding hydrogens is 465 g/mol. The van der Waals surface area contributed by atoms with Gasteiger partial charge in [0.2, 0.25) is 5.91 Å². The summed E-state index contributed by atoms with van der Waals surface area (Å²) in [5.41, 5.74) is 2.53. The van der Waals surface area contributed by atoms with Crippen molar-refractivity contribution in [3.63, 3.8) is 0 Å². The Kier molecular flexibility index (Phi) is 9.50. The van der Waals surface area contributed by atoms with Crippen LogP contribution in [0.4, 0.5) is 0 Å². The Hall–Kier alpha value is -1.35. The quantitative estimate of drug-likeness (QED) is 0.358. The van der Waals surface area contributed by atoms with E-state index in [2.05, 4.69) is 56.6 Å². The molecule has 1 saturated carbocycles. The lowest BCUT2D eigenvalue weighted by Gasteiger charge is -2.38. The van der Waals surface area contributed by atoms with Gasteiger partial charge in [-0.3, -0.25) is 14.7 Å². The molecule has 0 atom stereocenters. The second kappa shape index (κ2) is 11.6. The van der Waals surface area contributed by atoms with Crippen molar-refractivity contribution in [2.75, 3.05) is 46.3 Å². The van der Waals surface area contributed by atoms with Crippen molar-refractivity contribution >= 4 is 35.8 Å². The fourth-order valence-electron chi connectivity index (χ4n) is 3.67. The van der Waals surface area contributed by atoms with Crippen molar-refractivity contribution in [3.8, 4) is 0 Å². The molecule has 156 valence electrons. The number of aryl methyl sites for hydroxylation is 1. The Morgan fingerprint density at radius 2 is 1.93 bits per heavy atom. The smallest absolute Gasteiger partial charge is 0.225 e. The SMILES string of the molecule is CN=C(NCCN1CCN(C(=O)C2CCC2)CC1)NCc1cccc(C)c1.I. The molecule has 28 heavy (non-hydrogen) atoms. The van der Waals surface area contributed by atoms with Gasteiger partial charge in [-0.2, -0.15) is 0 Å². The van der Waals surface area contributed by atoms with Gasteiger partial charge in [-0.05, 0) is 25.3 Å². The van der Waals surface area contributed by atoms with Gasteiger partial charge in [0.25, 0.3) is 0 Å². The van der Waals surface area contributed by atoms with Gasteiger partial charge in [-0.25, -0.2) is 0 Å². The van der Waals surface area contributed by atoms with Gasteiger partial charge < -0.3 is 15.5 Å². The number of nitrogens with one attached hydrogen (secondary N) is 2. The molecule has 1 aromatic carbocycles. The minimum atomic E-state index is 0. The first kappa shape index (κ1) is 22.9. The predicted molar refractivity (Wildman–Crippen MR) is 125 cm³/mol. The number of halogens is 1. The molecule has 7 heteroatoms. The van der Waals surface area contributed by atoms with Crippen LogP contribution in [0.25, 0.3) is 0 Å². The summed E-state index contributed by atoms with van der Waals surface area (Å²) in [4.78, 5) is 21.1. The molecule has 0 aromatic heterocycles. The molecule has 1 amide bonds. The zero-order valence-electron chi connectivity index (χ0n) is 17.1. The molecule has 2 aliphatic rings. The average molecular weight is 499 g/mol. The standard InChI is InChI=1S/C21H33N5O.HI/c1-17-5-3-6-18(15-17)16-24-21(22-2)23-9-10-25-11-13-26(14-12-25)20(27)19-7-4-8-19;/h3,5-6,15,19H,4,7-14,16H2,1-2H3,(H2,22,23,24);1H. The predicted octanol–water partition coefficient (Wildman–Crippen LogP) is 2.22. The maximum atomic E-state index is 12.3. The molecule has 1 aromatic rings. The van der Waals surface area contributed by atoms with E-state index < -0.39 is 0 Å². The van der Waals surface area contributed by atoms with E-state index in [4.69, 9.17) is 0 Å². The summed E-state index contributed by atoms with van der Waals surface area (Å²) in [5.74, 6) is 1.54. The minimum Gasteiger partial charge on any atom is -0.355 e. The summed E-state index contributed by atoms with van der Waals surface area (Å²) in [6.07, 6.45) is 3.41. The summed E-state index contributed by atoms with van der Waals surface area (Å²) in [6.45, 7) is 8.37. The van der Waals surface area contributed by atoms with Gasteiger partial charge in [0, 0.05) is 58.8 Å². The number of carbonyl (C=O) groups is 1. The van der Waals surface area contributed by atoms with Crippen LogP contribution in [0.2, 0.25) is 0 Å². The lowest BCUT2D eigenvalue weighted by Crippen LogP contribution is -2.52. The Labute approximate surface area is 186 Å². The highest BCUT2D eigenvalue weighted by Gasteiger charge is 2.30. The number of amides is 1. The summed E-state index contributed by atoms with van der Waals surface area (Å²) in [6, 6.07) is 8.50. The second-order valence-corrected chi connectivity index (χ2v) is 7.64. The Bertz CT molecular complexity index is 654. The zero-order chi connectivity index (χ0) is 19.1. The van der Waals surface area contributed by atoms with Crippen LogP contribution in [-0.4, -0.2) is 68.0 Å². The summed E-state index contributed by atoms with van der Waals surface area (Å²) in [7, 11) is 1.80. The van der Waals surface area contributed by atoms with E-state index >= 15 is 0 Å². The normalized spacial score (nSPS) is 18.2. The van der Waals surface area contributed by atoms with Crippen molar-refractivity contribution in [1.29, 1.82) is 0 Å². The maximum absolute atomic E-state index is 12.3. The van der Waals surface area contributed by atoms with E-state index in [0.29, 0.717) is 11.8 Å². The van der Waals surface area contributed by atoms with Crippen LogP contribution in [0, 0.1) is 12.8 Å². The highest BCUT2D eigenvalue weighted by molar-refractivity contribution is 14.0. The second-order valence-electron chi connectivity index (χ2n) is 7.64. The molecule has 1 heterocycles. The van der Waals surface area contributed by atoms with Crippen LogP contribution in [0.15, 0.2) is 29.3 Å². The van der Waals surface area contributed by atoms with Crippen molar-refractivity contribution in [2.24, 2.45) is 10.9 Å². The first-order valence-corrected chi connectivity index (χ1v) is 10.2. The molecule has 1 aliphatic heterocycles. The average Bonchev–Trinajstić information content (AvgIpc) is 2.63. The first-order valence-electron chi connectivity index (χ1n) is 10.2. The van der Waals surface area contributed by atoms with Gasteiger partial charge in [0.15, 0.2) is 5.96 Å². The summed E-state index contributed by atoms with van der Waals surface area (Å²) in [5, 5.41) is 6.75. The third-order valence-corrected chi connectivity index (χ3v) is 5.62. The topological polar surface area (TPSA) is 60.0 Å². The number of benzene rings is 1. The molecule has 6 nitrogen and oxygen atoms in total.